The van der Waals surface area contributed by atoms with Gasteiger partial charge in [0.15, 0.2) is 0 Å². The number of nitrogens with two attached hydrogens (primary N) is 1. The number of nitrogens with zero attached hydrogens (tertiary/aromatic N) is 1. The smallest absolute Gasteiger partial charge is 0.134 e. The van der Waals surface area contributed by atoms with Gasteiger partial charge in [-0.1, -0.05) is 18.2 Å². The van der Waals surface area contributed by atoms with Crippen LogP contribution in [0.2, 0.25) is 0 Å². The highest BCUT2D eigenvalue weighted by Crippen LogP contribution is 2.28. The zero-order valence-corrected chi connectivity index (χ0v) is 11.5. The van der Waals surface area contributed by atoms with Gasteiger partial charge < -0.3 is 10.5 Å². The molecule has 2 rings (SSSR count). The predicted molar refractivity (Wildman–Crippen MR) is 74.1 cm³/mol. The third kappa shape index (κ3) is 3.31. The molecule has 0 unspecified atom stereocenters. The Morgan fingerprint density at radius 2 is 2.29 bits per heavy atom. The number of halogens is 1. The third-order valence-corrected chi connectivity index (χ3v) is 3.35. The number of hydrogen-bond donors (Lipinski definition) is 1. The van der Waals surface area contributed by atoms with E-state index < -0.39 is 0 Å². The molecular weight excluding hydrogens is 280 g/mol. The van der Waals surface area contributed by atoms with Crippen molar-refractivity contribution in [1.29, 1.82) is 0 Å². The maximum atomic E-state index is 5.87. The molecule has 0 bridgehead atoms. The Labute approximate surface area is 110 Å². The van der Waals surface area contributed by atoms with Gasteiger partial charge in [0.1, 0.15) is 11.9 Å². The van der Waals surface area contributed by atoms with Crippen molar-refractivity contribution >= 4 is 22.0 Å². The van der Waals surface area contributed by atoms with Crippen LogP contribution in [0, 0.1) is 0 Å². The first kappa shape index (κ1) is 12.6. The van der Waals surface area contributed by atoms with Gasteiger partial charge in [-0.2, -0.15) is 0 Å². The molecule has 2 N–H and O–H groups in total. The number of ether oxygens (including phenoxy) is 1. The second-order valence-electron chi connectivity index (χ2n) is 4.29. The Morgan fingerprint density at radius 3 is 2.88 bits per heavy atom. The average Bonchev–Trinajstić information content (AvgIpc) is 2.27. The van der Waals surface area contributed by atoms with E-state index in [1.807, 2.05) is 30.4 Å². The molecule has 0 amide bonds. The summed E-state index contributed by atoms with van der Waals surface area (Å²) < 4.78 is 6.87. The summed E-state index contributed by atoms with van der Waals surface area (Å²) in [6.45, 7) is 2.56. The lowest BCUT2D eigenvalue weighted by Gasteiger charge is -2.36. The van der Waals surface area contributed by atoms with Crippen LogP contribution < -0.4 is 10.5 Å². The Bertz CT molecular complexity index is 414. The predicted octanol–water partition coefficient (Wildman–Crippen LogP) is 2.11. The third-order valence-electron chi connectivity index (χ3n) is 2.73. The van der Waals surface area contributed by atoms with E-state index in [-0.39, 0.29) is 0 Å². The quantitative estimate of drug-likeness (QED) is 0.925. The van der Waals surface area contributed by atoms with Gasteiger partial charge in [-0.3, -0.25) is 4.90 Å². The molecule has 0 aromatic heterocycles. The molecule has 1 aromatic carbocycles. The number of likely N-dealkylation sites (N-methyl/N-ethyl adjacent to an activating group) is 1. The first-order valence-corrected chi connectivity index (χ1v) is 6.49. The minimum Gasteiger partial charge on any atom is -0.487 e. The highest BCUT2D eigenvalue weighted by Gasteiger charge is 2.25. The molecule has 0 radical (unpaired) electrons. The molecule has 92 valence electrons. The van der Waals surface area contributed by atoms with Crippen molar-refractivity contribution in [3.8, 4) is 5.75 Å². The minimum absolute atomic E-state index is 0.321. The Morgan fingerprint density at radius 1 is 1.53 bits per heavy atom. The SMILES string of the molecule is CN1CC(Oc2ccc(/C=C/CN)cc2Br)C1. The summed E-state index contributed by atoms with van der Waals surface area (Å²) in [5.74, 6) is 0.910. The van der Waals surface area contributed by atoms with Crippen molar-refractivity contribution in [2.45, 2.75) is 6.10 Å². The zero-order chi connectivity index (χ0) is 12.3. The van der Waals surface area contributed by atoms with Crippen LogP contribution in [0.3, 0.4) is 0 Å². The summed E-state index contributed by atoms with van der Waals surface area (Å²) in [5, 5.41) is 0. The van der Waals surface area contributed by atoms with Gasteiger partial charge in [-0.25, -0.2) is 0 Å². The van der Waals surface area contributed by atoms with Crippen LogP contribution in [0.15, 0.2) is 28.7 Å². The summed E-state index contributed by atoms with van der Waals surface area (Å²) in [6.07, 6.45) is 4.26. The molecule has 0 spiro atoms. The van der Waals surface area contributed by atoms with Crippen LogP contribution in [0.1, 0.15) is 5.56 Å². The Kier molecular flexibility index (Phi) is 4.20. The Balaban J connectivity index is 2.01. The van der Waals surface area contributed by atoms with Crippen LogP contribution in [-0.2, 0) is 0 Å². The molecule has 1 aliphatic heterocycles. The molecule has 0 saturated carbocycles. The topological polar surface area (TPSA) is 38.5 Å². The molecule has 0 atom stereocenters. The van der Waals surface area contributed by atoms with Crippen molar-refractivity contribution < 1.29 is 4.74 Å². The van der Waals surface area contributed by atoms with Crippen molar-refractivity contribution in [2.24, 2.45) is 5.73 Å². The van der Waals surface area contributed by atoms with Crippen LogP contribution in [0.5, 0.6) is 5.75 Å². The molecule has 1 fully saturated rings. The van der Waals surface area contributed by atoms with Crippen LogP contribution >= 0.6 is 15.9 Å². The standard InChI is InChI=1S/C13H17BrN2O/c1-16-8-11(9-16)17-13-5-4-10(3-2-6-15)7-12(13)14/h2-5,7,11H,6,8-9,15H2,1H3/b3-2+. The van der Waals surface area contributed by atoms with Crippen LogP contribution in [0.4, 0.5) is 0 Å². The molecular formula is C13H17BrN2O. The van der Waals surface area contributed by atoms with Crippen LogP contribution in [-0.4, -0.2) is 37.7 Å². The van der Waals surface area contributed by atoms with Gasteiger partial charge >= 0.3 is 0 Å². The summed E-state index contributed by atoms with van der Waals surface area (Å²) in [7, 11) is 2.09. The second kappa shape index (κ2) is 5.67. The Hall–Kier alpha value is -0.840. The summed E-state index contributed by atoms with van der Waals surface area (Å²) in [5.41, 5.74) is 6.55. The molecule has 1 aliphatic rings. The first-order valence-electron chi connectivity index (χ1n) is 5.70. The molecule has 0 aliphatic carbocycles. The molecule has 1 aromatic rings. The summed E-state index contributed by atoms with van der Waals surface area (Å²) in [4.78, 5) is 2.23. The number of likely N-dealkylation sites (tertiary alicyclic amines) is 1. The monoisotopic (exact) mass is 296 g/mol. The number of benzene rings is 1. The second-order valence-corrected chi connectivity index (χ2v) is 5.14. The van der Waals surface area contributed by atoms with E-state index in [1.54, 1.807) is 0 Å². The van der Waals surface area contributed by atoms with Crippen molar-refractivity contribution in [3.63, 3.8) is 0 Å². The molecule has 3 nitrogen and oxygen atoms in total. The molecule has 1 heterocycles. The van der Waals surface area contributed by atoms with Crippen molar-refractivity contribution in [1.82, 2.24) is 4.90 Å². The van der Waals surface area contributed by atoms with E-state index in [4.69, 9.17) is 10.5 Å². The first-order chi connectivity index (χ1) is 8.19. The highest BCUT2D eigenvalue weighted by atomic mass is 79.9. The van der Waals surface area contributed by atoms with Crippen molar-refractivity contribution in [2.75, 3.05) is 26.7 Å². The summed E-state index contributed by atoms with van der Waals surface area (Å²) in [6, 6.07) is 6.08. The molecule has 4 heteroatoms. The lowest BCUT2D eigenvalue weighted by molar-refractivity contribution is 0.0383. The lowest BCUT2D eigenvalue weighted by Crippen LogP contribution is -2.51. The van der Waals surface area contributed by atoms with Crippen LogP contribution in [0.25, 0.3) is 6.08 Å². The average molecular weight is 297 g/mol. The fourth-order valence-corrected chi connectivity index (χ4v) is 2.31. The minimum atomic E-state index is 0.321. The van der Waals surface area contributed by atoms with E-state index in [0.29, 0.717) is 12.6 Å². The fourth-order valence-electron chi connectivity index (χ4n) is 1.82. The highest BCUT2D eigenvalue weighted by molar-refractivity contribution is 9.10. The lowest BCUT2D eigenvalue weighted by atomic mass is 10.1. The zero-order valence-electron chi connectivity index (χ0n) is 9.90. The normalized spacial score (nSPS) is 17.4. The van der Waals surface area contributed by atoms with E-state index in [0.717, 1.165) is 28.9 Å². The van der Waals surface area contributed by atoms with Gasteiger partial charge in [0.25, 0.3) is 0 Å². The van der Waals surface area contributed by atoms with Gasteiger partial charge in [-0.05, 0) is 40.7 Å². The number of hydrogen-bond acceptors (Lipinski definition) is 3. The van der Waals surface area contributed by atoms with E-state index in [1.165, 1.54) is 0 Å². The van der Waals surface area contributed by atoms with Gasteiger partial charge in [-0.15, -0.1) is 0 Å². The summed E-state index contributed by atoms with van der Waals surface area (Å²) >= 11 is 3.53. The molecule has 1 saturated heterocycles. The van der Waals surface area contributed by atoms with Crippen molar-refractivity contribution in [3.05, 3.63) is 34.3 Å². The molecule has 17 heavy (non-hydrogen) atoms. The maximum Gasteiger partial charge on any atom is 0.134 e. The van der Waals surface area contributed by atoms with E-state index >= 15 is 0 Å². The largest absolute Gasteiger partial charge is 0.487 e. The van der Waals surface area contributed by atoms with E-state index in [2.05, 4.69) is 27.9 Å². The van der Waals surface area contributed by atoms with Gasteiger partial charge in [0.2, 0.25) is 0 Å². The number of rotatable bonds is 4. The van der Waals surface area contributed by atoms with E-state index in [9.17, 15) is 0 Å². The fraction of sp³-hybridized carbons (Fsp3) is 0.385. The maximum absolute atomic E-state index is 5.87. The van der Waals surface area contributed by atoms with Gasteiger partial charge in [0, 0.05) is 19.6 Å². The van der Waals surface area contributed by atoms with Gasteiger partial charge in [0.05, 0.1) is 4.47 Å².